The number of hydrogen-bond donors (Lipinski definition) is 0. The predicted octanol–water partition coefficient (Wildman–Crippen LogP) is 4.66. The molecular formula is C33H24FN3O3S. The van der Waals surface area contributed by atoms with E-state index in [-0.39, 0.29) is 17.7 Å². The van der Waals surface area contributed by atoms with E-state index < -0.39 is 17.8 Å². The number of carbonyl (C=O) groups is 1. The van der Waals surface area contributed by atoms with Crippen LogP contribution in [0.4, 0.5) is 4.39 Å². The number of rotatable bonds is 6. The smallest absolute Gasteiger partial charge is 0.338 e. The second kappa shape index (κ2) is 10.9. The monoisotopic (exact) mass is 561 g/mol. The van der Waals surface area contributed by atoms with Crippen molar-refractivity contribution in [2.75, 3.05) is 6.61 Å². The minimum absolute atomic E-state index is 0.146. The van der Waals surface area contributed by atoms with Gasteiger partial charge in [0.15, 0.2) is 4.80 Å². The molecule has 8 heteroatoms. The normalized spacial score (nSPS) is 15.0. The number of benzene rings is 3. The fraction of sp³-hybridized carbons (Fsp3) is 0.121. The van der Waals surface area contributed by atoms with Crippen LogP contribution in [0.1, 0.15) is 29.7 Å². The number of carbonyl (C=O) groups excluding carboxylic acids is 1. The summed E-state index contributed by atoms with van der Waals surface area (Å²) >= 11 is 1.23. The van der Waals surface area contributed by atoms with Gasteiger partial charge in [0.25, 0.3) is 5.56 Å². The van der Waals surface area contributed by atoms with Gasteiger partial charge in [0.05, 0.1) is 35.0 Å². The Labute approximate surface area is 239 Å². The van der Waals surface area contributed by atoms with Crippen molar-refractivity contribution in [2.24, 2.45) is 4.99 Å². The van der Waals surface area contributed by atoms with Gasteiger partial charge in [-0.2, -0.15) is 0 Å². The minimum atomic E-state index is -0.869. The Morgan fingerprint density at radius 3 is 2.56 bits per heavy atom. The molecule has 0 amide bonds. The third-order valence-corrected chi connectivity index (χ3v) is 7.91. The summed E-state index contributed by atoms with van der Waals surface area (Å²) in [6, 6.07) is 22.1. The Balaban J connectivity index is 1.65. The Morgan fingerprint density at radius 2 is 1.83 bits per heavy atom. The van der Waals surface area contributed by atoms with E-state index in [1.54, 1.807) is 19.1 Å². The summed E-state index contributed by atoms with van der Waals surface area (Å²) in [7, 11) is 0. The van der Waals surface area contributed by atoms with E-state index in [1.807, 2.05) is 71.4 Å². The van der Waals surface area contributed by atoms with Crippen LogP contribution < -0.4 is 14.9 Å². The molecule has 5 aromatic rings. The van der Waals surface area contributed by atoms with Crippen LogP contribution in [0.2, 0.25) is 0 Å². The third-order valence-electron chi connectivity index (χ3n) is 6.93. The first kappa shape index (κ1) is 26.2. The van der Waals surface area contributed by atoms with E-state index >= 15 is 0 Å². The molecule has 202 valence electrons. The molecular weight excluding hydrogens is 537 g/mol. The van der Waals surface area contributed by atoms with E-state index in [4.69, 9.17) is 16.2 Å². The van der Waals surface area contributed by atoms with Crippen molar-refractivity contribution < 1.29 is 13.9 Å². The molecule has 0 radical (unpaired) electrons. The number of nitrogens with zero attached hydrogens (tertiary/aromatic N) is 3. The average Bonchev–Trinajstić information content (AvgIpc) is 3.50. The predicted molar refractivity (Wildman–Crippen MR) is 158 cm³/mol. The summed E-state index contributed by atoms with van der Waals surface area (Å²) in [5.41, 5.74) is 3.39. The van der Waals surface area contributed by atoms with Crippen LogP contribution in [0.3, 0.4) is 0 Å². The van der Waals surface area contributed by atoms with Crippen LogP contribution in [-0.2, 0) is 16.1 Å². The molecule has 41 heavy (non-hydrogen) atoms. The van der Waals surface area contributed by atoms with Crippen molar-refractivity contribution in [1.82, 2.24) is 9.13 Å². The number of aromatic nitrogens is 2. The summed E-state index contributed by atoms with van der Waals surface area (Å²) in [5, 5.41) is 0.959. The van der Waals surface area contributed by atoms with Crippen molar-refractivity contribution in [3.63, 3.8) is 0 Å². The van der Waals surface area contributed by atoms with Crippen LogP contribution >= 0.6 is 11.3 Å². The van der Waals surface area contributed by atoms with Gasteiger partial charge in [-0.1, -0.05) is 77.9 Å². The van der Waals surface area contributed by atoms with Crippen molar-refractivity contribution in [3.05, 3.63) is 133 Å². The van der Waals surface area contributed by atoms with E-state index in [1.165, 1.54) is 28.0 Å². The first-order valence-corrected chi connectivity index (χ1v) is 13.9. The molecule has 6 nitrogen and oxygen atoms in total. The zero-order valence-corrected chi connectivity index (χ0v) is 22.9. The highest BCUT2D eigenvalue weighted by atomic mass is 32.1. The molecule has 0 bridgehead atoms. The van der Waals surface area contributed by atoms with Gasteiger partial charge in [-0.05, 0) is 36.8 Å². The topological polar surface area (TPSA) is 65.6 Å². The van der Waals surface area contributed by atoms with Gasteiger partial charge in [-0.25, -0.2) is 14.2 Å². The maximum Gasteiger partial charge on any atom is 0.338 e. The van der Waals surface area contributed by atoms with Gasteiger partial charge >= 0.3 is 5.97 Å². The number of hydrogen-bond acceptors (Lipinski definition) is 5. The number of esters is 1. The molecule has 2 aromatic heterocycles. The van der Waals surface area contributed by atoms with Crippen LogP contribution in [0.25, 0.3) is 22.7 Å². The van der Waals surface area contributed by atoms with E-state index in [9.17, 15) is 14.0 Å². The van der Waals surface area contributed by atoms with E-state index in [2.05, 4.69) is 5.92 Å². The molecule has 0 fully saturated rings. The lowest BCUT2D eigenvalue weighted by Crippen LogP contribution is -2.40. The van der Waals surface area contributed by atoms with Gasteiger partial charge in [-0.15, -0.1) is 6.42 Å². The number of thiazole rings is 1. The molecule has 0 spiro atoms. The Bertz CT molecular complexity index is 2050. The lowest BCUT2D eigenvalue weighted by atomic mass is 9.93. The molecule has 1 aliphatic rings. The van der Waals surface area contributed by atoms with Crippen LogP contribution in [0.5, 0.6) is 0 Å². The summed E-state index contributed by atoms with van der Waals surface area (Å²) < 4.78 is 23.3. The van der Waals surface area contributed by atoms with Crippen molar-refractivity contribution in [3.8, 4) is 12.3 Å². The molecule has 0 saturated heterocycles. The Morgan fingerprint density at radius 1 is 1.10 bits per heavy atom. The molecule has 0 saturated carbocycles. The second-order valence-electron chi connectivity index (χ2n) is 9.42. The van der Waals surface area contributed by atoms with Gasteiger partial charge in [0.1, 0.15) is 5.82 Å². The van der Waals surface area contributed by atoms with Crippen LogP contribution in [0.15, 0.2) is 100 Å². The van der Waals surface area contributed by atoms with Gasteiger partial charge in [0, 0.05) is 28.2 Å². The molecule has 3 aromatic carbocycles. The highest BCUT2D eigenvalue weighted by molar-refractivity contribution is 7.07. The van der Waals surface area contributed by atoms with Gasteiger partial charge < -0.3 is 9.30 Å². The lowest BCUT2D eigenvalue weighted by Gasteiger charge is -2.25. The SMILES string of the molecule is C#CCn1cc(/C=c2\sc3n(c2=O)[C@H](c2ccc(F)cc2)C(C(=O)OCC)=C(c2ccccc2)N=3)c2ccccc21. The Hall–Kier alpha value is -5.00. The summed E-state index contributed by atoms with van der Waals surface area (Å²) in [5.74, 6) is 1.66. The first-order chi connectivity index (χ1) is 20.0. The molecule has 0 unspecified atom stereocenters. The van der Waals surface area contributed by atoms with Crippen molar-refractivity contribution >= 4 is 40.0 Å². The number of para-hydroxylation sites is 1. The standard InChI is InChI=1S/C33H24FN3O3S/c1-3-18-36-20-23(25-12-8-9-13-26(25)36)19-27-31(38)37-30(22-14-16-24(34)17-15-22)28(32(39)40-4-2)29(35-33(37)41-27)21-10-6-5-7-11-21/h1,5-17,19-20,30H,4,18H2,2H3/b27-19-/t30-/m1/s1. The van der Waals surface area contributed by atoms with E-state index in [0.29, 0.717) is 32.7 Å². The Kier molecular flexibility index (Phi) is 6.96. The maximum absolute atomic E-state index is 14.1. The third kappa shape index (κ3) is 4.71. The summed E-state index contributed by atoms with van der Waals surface area (Å²) in [6.07, 6.45) is 9.35. The first-order valence-electron chi connectivity index (χ1n) is 13.1. The fourth-order valence-electron chi connectivity index (χ4n) is 5.16. The molecule has 3 heterocycles. The molecule has 0 aliphatic carbocycles. The zero-order valence-electron chi connectivity index (χ0n) is 22.1. The van der Waals surface area contributed by atoms with Crippen LogP contribution in [-0.4, -0.2) is 21.7 Å². The largest absolute Gasteiger partial charge is 0.463 e. The summed E-state index contributed by atoms with van der Waals surface area (Å²) in [6.45, 7) is 2.26. The average molecular weight is 562 g/mol. The highest BCUT2D eigenvalue weighted by Crippen LogP contribution is 2.35. The lowest BCUT2D eigenvalue weighted by molar-refractivity contribution is -0.138. The number of halogens is 1. The number of terminal acetylenes is 1. The van der Waals surface area contributed by atoms with Gasteiger partial charge in [-0.3, -0.25) is 9.36 Å². The molecule has 1 aliphatic heterocycles. The highest BCUT2D eigenvalue weighted by Gasteiger charge is 2.35. The van der Waals surface area contributed by atoms with E-state index in [0.717, 1.165) is 16.5 Å². The van der Waals surface area contributed by atoms with Crippen molar-refractivity contribution in [1.29, 1.82) is 0 Å². The van der Waals surface area contributed by atoms with Crippen molar-refractivity contribution in [2.45, 2.75) is 19.5 Å². The number of fused-ring (bicyclic) bond motifs is 2. The zero-order chi connectivity index (χ0) is 28.5. The summed E-state index contributed by atoms with van der Waals surface area (Å²) in [4.78, 5) is 32.9. The molecule has 1 atom stereocenters. The maximum atomic E-state index is 14.1. The minimum Gasteiger partial charge on any atom is -0.463 e. The molecule has 0 N–H and O–H groups in total. The number of ether oxygens (including phenoxy) is 1. The van der Waals surface area contributed by atoms with Crippen LogP contribution in [0, 0.1) is 18.2 Å². The van der Waals surface area contributed by atoms with Gasteiger partial charge in [0.2, 0.25) is 0 Å². The fourth-order valence-corrected chi connectivity index (χ4v) is 6.15. The molecule has 6 rings (SSSR count). The quantitative estimate of drug-likeness (QED) is 0.224. The second-order valence-corrected chi connectivity index (χ2v) is 10.4.